The summed E-state index contributed by atoms with van der Waals surface area (Å²) in [5.41, 5.74) is -0.533. The highest BCUT2D eigenvalue weighted by Crippen LogP contribution is 2.37. The predicted octanol–water partition coefficient (Wildman–Crippen LogP) is 3.59. The number of ether oxygens (including phenoxy) is 1. The number of carbonyl (C=O) groups excluding carboxylic acids is 1. The number of hydrogen-bond donors (Lipinski definition) is 1. The second-order valence-corrected chi connectivity index (χ2v) is 7.58. The van der Waals surface area contributed by atoms with Crippen LogP contribution in [0, 0.1) is 5.92 Å². The van der Waals surface area contributed by atoms with E-state index in [0.717, 1.165) is 18.9 Å². The molecular formula is C20H26F3NO3. The molecule has 1 N–H and O–H groups in total. The Kier molecular flexibility index (Phi) is 6.11. The van der Waals surface area contributed by atoms with Gasteiger partial charge in [0.25, 0.3) is 0 Å². The van der Waals surface area contributed by atoms with E-state index in [1.807, 2.05) is 0 Å². The summed E-state index contributed by atoms with van der Waals surface area (Å²) in [5.74, 6) is -0.813. The van der Waals surface area contributed by atoms with Crippen molar-refractivity contribution < 1.29 is 27.8 Å². The molecule has 4 nitrogen and oxygen atoms in total. The topological polar surface area (TPSA) is 49.8 Å². The second kappa shape index (κ2) is 8.19. The zero-order valence-electron chi connectivity index (χ0n) is 15.4. The summed E-state index contributed by atoms with van der Waals surface area (Å²) in [7, 11) is 0. The van der Waals surface area contributed by atoms with Crippen LogP contribution in [0.15, 0.2) is 24.3 Å². The van der Waals surface area contributed by atoms with Crippen molar-refractivity contribution in [3.8, 4) is 0 Å². The molecule has 2 heterocycles. The van der Waals surface area contributed by atoms with Gasteiger partial charge in [0.15, 0.2) is 0 Å². The summed E-state index contributed by atoms with van der Waals surface area (Å²) >= 11 is 0. The van der Waals surface area contributed by atoms with E-state index in [-0.39, 0.29) is 29.9 Å². The van der Waals surface area contributed by atoms with Crippen LogP contribution in [0.4, 0.5) is 13.2 Å². The number of carbonyl (C=O) groups is 1. The molecule has 1 amide bonds. The van der Waals surface area contributed by atoms with E-state index in [0.29, 0.717) is 26.2 Å². The first kappa shape index (κ1) is 20.1. The van der Waals surface area contributed by atoms with E-state index in [2.05, 4.69) is 0 Å². The Bertz CT molecular complexity index is 664. The minimum Gasteiger partial charge on any atom is -0.393 e. The van der Waals surface area contributed by atoms with Crippen molar-refractivity contribution in [1.29, 1.82) is 0 Å². The molecule has 2 aliphatic heterocycles. The van der Waals surface area contributed by atoms with Gasteiger partial charge in [-0.15, -0.1) is 0 Å². The maximum absolute atomic E-state index is 13.3. The maximum atomic E-state index is 13.3. The molecule has 0 aromatic heterocycles. The molecule has 0 unspecified atom stereocenters. The van der Waals surface area contributed by atoms with Crippen LogP contribution in [0.1, 0.15) is 49.7 Å². The van der Waals surface area contributed by atoms with Gasteiger partial charge in [-0.2, -0.15) is 13.2 Å². The smallest absolute Gasteiger partial charge is 0.393 e. The number of nitrogens with zero attached hydrogens (tertiary/aromatic N) is 1. The van der Waals surface area contributed by atoms with E-state index in [9.17, 15) is 23.1 Å². The lowest BCUT2D eigenvalue weighted by Crippen LogP contribution is -2.48. The summed E-state index contributed by atoms with van der Waals surface area (Å²) in [4.78, 5) is 14.6. The number of amides is 1. The van der Waals surface area contributed by atoms with Gasteiger partial charge in [-0.3, -0.25) is 4.79 Å². The number of alkyl halides is 3. The molecule has 0 bridgehead atoms. The van der Waals surface area contributed by atoms with Crippen molar-refractivity contribution >= 4 is 5.91 Å². The monoisotopic (exact) mass is 385 g/mol. The zero-order valence-corrected chi connectivity index (χ0v) is 15.4. The summed E-state index contributed by atoms with van der Waals surface area (Å²) in [6, 6.07) is 5.34. The molecule has 2 saturated heterocycles. The molecule has 4 atom stereocenters. The fourth-order valence-electron chi connectivity index (χ4n) is 4.34. The van der Waals surface area contributed by atoms with Gasteiger partial charge in [-0.25, -0.2) is 0 Å². The summed E-state index contributed by atoms with van der Waals surface area (Å²) in [6.45, 7) is 3.18. The second-order valence-electron chi connectivity index (χ2n) is 7.58. The Balaban J connectivity index is 1.71. The van der Waals surface area contributed by atoms with Gasteiger partial charge < -0.3 is 14.7 Å². The number of likely N-dealkylation sites (tertiary alicyclic amines) is 1. The first-order valence-corrected chi connectivity index (χ1v) is 9.50. The van der Waals surface area contributed by atoms with Crippen LogP contribution in [0.2, 0.25) is 0 Å². The molecule has 7 heteroatoms. The third kappa shape index (κ3) is 4.46. The van der Waals surface area contributed by atoms with Gasteiger partial charge in [-0.1, -0.05) is 25.1 Å². The number of aliphatic hydroxyl groups is 1. The van der Waals surface area contributed by atoms with E-state index in [4.69, 9.17) is 4.74 Å². The summed E-state index contributed by atoms with van der Waals surface area (Å²) < 4.78 is 45.2. The van der Waals surface area contributed by atoms with Crippen LogP contribution in [-0.2, 0) is 15.7 Å². The van der Waals surface area contributed by atoms with Crippen LogP contribution >= 0.6 is 0 Å². The molecule has 0 aliphatic carbocycles. The highest BCUT2D eigenvalue weighted by Gasteiger charge is 2.40. The van der Waals surface area contributed by atoms with Gasteiger partial charge in [-0.05, 0) is 36.8 Å². The largest absolute Gasteiger partial charge is 0.416 e. The van der Waals surface area contributed by atoms with Crippen LogP contribution in [-0.4, -0.2) is 47.8 Å². The van der Waals surface area contributed by atoms with E-state index in [1.54, 1.807) is 17.9 Å². The third-order valence-corrected chi connectivity index (χ3v) is 5.75. The Morgan fingerprint density at radius 1 is 1.33 bits per heavy atom. The lowest BCUT2D eigenvalue weighted by molar-refractivity contribution is -0.140. The van der Waals surface area contributed by atoms with Crippen LogP contribution in [0.5, 0.6) is 0 Å². The maximum Gasteiger partial charge on any atom is 0.416 e. The van der Waals surface area contributed by atoms with E-state index < -0.39 is 23.8 Å². The Morgan fingerprint density at radius 2 is 2.07 bits per heavy atom. The Hall–Kier alpha value is -1.60. The summed E-state index contributed by atoms with van der Waals surface area (Å²) in [6.07, 6.45) is -2.72. The zero-order chi connectivity index (χ0) is 19.6. The normalized spacial score (nSPS) is 27.6. The van der Waals surface area contributed by atoms with Crippen molar-refractivity contribution in [2.24, 2.45) is 5.92 Å². The highest BCUT2D eigenvalue weighted by atomic mass is 19.4. The van der Waals surface area contributed by atoms with Crippen molar-refractivity contribution in [1.82, 2.24) is 4.90 Å². The predicted molar refractivity (Wildman–Crippen MR) is 94.1 cm³/mol. The number of hydrogen-bond acceptors (Lipinski definition) is 3. The molecular weight excluding hydrogens is 359 g/mol. The SMILES string of the molecule is C[C@H](CC(=O)N1CCC[C@@H]1[C@@H]1COCC[C@H]1O)c1ccccc1C(F)(F)F. The van der Waals surface area contributed by atoms with Gasteiger partial charge in [0, 0.05) is 31.5 Å². The number of aliphatic hydroxyl groups excluding tert-OH is 1. The standard InChI is InChI=1S/C20H26F3NO3/c1-13(14-5-2-3-6-16(14)20(21,22)23)11-19(26)24-9-4-7-17(24)15-12-27-10-8-18(15)25/h2-3,5-6,13,15,17-18,25H,4,7-12H2,1H3/t13-,15+,17-,18-/m1/s1. The minimum absolute atomic E-state index is 0.0211. The Labute approximate surface area is 157 Å². The lowest BCUT2D eigenvalue weighted by atomic mass is 9.88. The Morgan fingerprint density at radius 3 is 2.78 bits per heavy atom. The quantitative estimate of drug-likeness (QED) is 0.862. The molecule has 1 aromatic carbocycles. The molecule has 3 rings (SSSR count). The first-order valence-electron chi connectivity index (χ1n) is 9.50. The minimum atomic E-state index is -4.44. The molecule has 150 valence electrons. The summed E-state index contributed by atoms with van der Waals surface area (Å²) in [5, 5.41) is 10.3. The van der Waals surface area contributed by atoms with Gasteiger partial charge in [0.2, 0.25) is 5.91 Å². The third-order valence-electron chi connectivity index (χ3n) is 5.75. The highest BCUT2D eigenvalue weighted by molar-refractivity contribution is 5.78. The fourth-order valence-corrected chi connectivity index (χ4v) is 4.34. The molecule has 0 radical (unpaired) electrons. The van der Waals surface area contributed by atoms with Gasteiger partial charge in [0.05, 0.1) is 18.3 Å². The molecule has 27 heavy (non-hydrogen) atoms. The molecule has 0 saturated carbocycles. The van der Waals surface area contributed by atoms with Crippen LogP contribution in [0.25, 0.3) is 0 Å². The van der Waals surface area contributed by atoms with E-state index >= 15 is 0 Å². The number of rotatable bonds is 4. The number of benzene rings is 1. The average Bonchev–Trinajstić information content (AvgIpc) is 3.11. The van der Waals surface area contributed by atoms with Crippen LogP contribution < -0.4 is 0 Å². The molecule has 2 aliphatic rings. The fraction of sp³-hybridized carbons (Fsp3) is 0.650. The first-order chi connectivity index (χ1) is 12.8. The average molecular weight is 385 g/mol. The van der Waals surface area contributed by atoms with Crippen molar-refractivity contribution in [3.05, 3.63) is 35.4 Å². The molecule has 0 spiro atoms. The number of halogens is 3. The molecule has 1 aromatic rings. The van der Waals surface area contributed by atoms with Gasteiger partial charge in [0.1, 0.15) is 0 Å². The van der Waals surface area contributed by atoms with Crippen molar-refractivity contribution in [3.63, 3.8) is 0 Å². The lowest BCUT2D eigenvalue weighted by Gasteiger charge is -2.37. The van der Waals surface area contributed by atoms with Crippen LogP contribution in [0.3, 0.4) is 0 Å². The van der Waals surface area contributed by atoms with Gasteiger partial charge >= 0.3 is 6.18 Å². The van der Waals surface area contributed by atoms with Crippen molar-refractivity contribution in [2.75, 3.05) is 19.8 Å². The van der Waals surface area contributed by atoms with Crippen molar-refractivity contribution in [2.45, 2.75) is 56.8 Å². The molecule has 2 fully saturated rings. The van der Waals surface area contributed by atoms with E-state index in [1.165, 1.54) is 12.1 Å².